The summed E-state index contributed by atoms with van der Waals surface area (Å²) in [7, 11) is 0. The average molecular weight is 326 g/mol. The van der Waals surface area contributed by atoms with Crippen LogP contribution in [0.15, 0.2) is 5.38 Å². The number of carbonyl (C=O) groups is 2. The lowest BCUT2D eigenvalue weighted by atomic mass is 9.91. The minimum Gasteiger partial charge on any atom is -0.479 e. The van der Waals surface area contributed by atoms with Gasteiger partial charge in [0.1, 0.15) is 0 Å². The van der Waals surface area contributed by atoms with Gasteiger partial charge in [-0.25, -0.2) is 9.78 Å². The molecule has 2 N–H and O–H groups in total. The summed E-state index contributed by atoms with van der Waals surface area (Å²) in [6.07, 6.45) is 0.356. The zero-order valence-electron chi connectivity index (χ0n) is 13.1. The molecule has 2 rings (SSSR count). The summed E-state index contributed by atoms with van der Waals surface area (Å²) in [6, 6.07) is 0. The number of carbonyl (C=O) groups excluding carboxylic acids is 1. The van der Waals surface area contributed by atoms with Crippen LogP contribution < -0.4 is 0 Å². The van der Waals surface area contributed by atoms with Gasteiger partial charge in [-0.15, -0.1) is 11.3 Å². The molecule has 1 aliphatic rings. The van der Waals surface area contributed by atoms with Crippen molar-refractivity contribution in [2.24, 2.45) is 0 Å². The van der Waals surface area contributed by atoms with Crippen LogP contribution in [0.25, 0.3) is 0 Å². The van der Waals surface area contributed by atoms with Crippen molar-refractivity contribution < 1.29 is 19.8 Å². The van der Waals surface area contributed by atoms with E-state index in [9.17, 15) is 14.7 Å². The summed E-state index contributed by atoms with van der Waals surface area (Å²) in [5.74, 6) is -1.29. The maximum atomic E-state index is 12.3. The van der Waals surface area contributed by atoms with Crippen molar-refractivity contribution in [1.29, 1.82) is 0 Å². The average Bonchev–Trinajstić information content (AvgIpc) is 2.87. The minimum absolute atomic E-state index is 0.0327. The fourth-order valence-corrected chi connectivity index (χ4v) is 3.25. The van der Waals surface area contributed by atoms with E-state index in [0.29, 0.717) is 0 Å². The molecule has 0 bridgehead atoms. The Hall–Kier alpha value is -1.47. The monoisotopic (exact) mass is 326 g/mol. The van der Waals surface area contributed by atoms with Gasteiger partial charge in [0.2, 0.25) is 5.91 Å². The fraction of sp³-hybridized carbons (Fsp3) is 0.667. The Kier molecular flexibility index (Phi) is 4.58. The van der Waals surface area contributed by atoms with E-state index in [0.717, 1.165) is 10.7 Å². The molecular weight excluding hydrogens is 304 g/mol. The lowest BCUT2D eigenvalue weighted by Crippen LogP contribution is -2.51. The first kappa shape index (κ1) is 16.9. The van der Waals surface area contributed by atoms with Crippen molar-refractivity contribution in [2.75, 3.05) is 13.1 Å². The molecule has 1 aliphatic heterocycles. The summed E-state index contributed by atoms with van der Waals surface area (Å²) < 4.78 is 0. The summed E-state index contributed by atoms with van der Waals surface area (Å²) in [4.78, 5) is 29.4. The molecule has 0 aliphatic carbocycles. The van der Waals surface area contributed by atoms with Crippen LogP contribution in [0.1, 0.15) is 44.3 Å². The van der Waals surface area contributed by atoms with E-state index in [1.54, 1.807) is 16.2 Å². The maximum Gasteiger partial charge on any atom is 0.335 e. The number of aliphatic hydroxyl groups is 1. The third kappa shape index (κ3) is 3.64. The minimum atomic E-state index is -1.70. The van der Waals surface area contributed by atoms with E-state index in [-0.39, 0.29) is 43.7 Å². The molecule has 6 nitrogen and oxygen atoms in total. The van der Waals surface area contributed by atoms with Gasteiger partial charge < -0.3 is 15.1 Å². The summed E-state index contributed by atoms with van der Waals surface area (Å²) in [5, 5.41) is 21.8. The van der Waals surface area contributed by atoms with Gasteiger partial charge in [0.15, 0.2) is 5.60 Å². The number of likely N-dealkylation sites (tertiary alicyclic amines) is 1. The van der Waals surface area contributed by atoms with Crippen molar-refractivity contribution >= 4 is 23.2 Å². The topological polar surface area (TPSA) is 90.7 Å². The molecule has 0 atom stereocenters. The predicted octanol–water partition coefficient (Wildman–Crippen LogP) is 1.42. The first-order valence-electron chi connectivity index (χ1n) is 7.30. The molecule has 122 valence electrons. The standard InChI is InChI=1S/C15H22N2O4S/c1-14(2,3)12-16-10(9-22-12)8-11(18)17-6-4-15(21,5-7-17)13(19)20/h9,21H,4-8H2,1-3H3,(H,19,20). The van der Waals surface area contributed by atoms with Gasteiger partial charge in [0.25, 0.3) is 0 Å². The molecule has 0 radical (unpaired) electrons. The highest BCUT2D eigenvalue weighted by molar-refractivity contribution is 7.09. The Labute approximate surface area is 133 Å². The second-order valence-corrected chi connectivity index (χ2v) is 7.65. The SMILES string of the molecule is CC(C)(C)c1nc(CC(=O)N2CCC(O)(C(=O)O)CC2)cs1. The zero-order valence-corrected chi connectivity index (χ0v) is 13.9. The highest BCUT2D eigenvalue weighted by atomic mass is 32.1. The number of aliphatic carboxylic acids is 1. The highest BCUT2D eigenvalue weighted by Crippen LogP contribution is 2.26. The number of piperidine rings is 1. The third-order valence-corrected chi connectivity index (χ3v) is 5.18. The van der Waals surface area contributed by atoms with Crippen LogP contribution in [0.2, 0.25) is 0 Å². The molecule has 1 aromatic rings. The van der Waals surface area contributed by atoms with Gasteiger partial charge in [-0.1, -0.05) is 20.8 Å². The second kappa shape index (κ2) is 5.96. The Morgan fingerprint density at radius 1 is 1.36 bits per heavy atom. The van der Waals surface area contributed by atoms with Crippen LogP contribution in [-0.4, -0.2) is 50.7 Å². The number of hydrogen-bond acceptors (Lipinski definition) is 5. The van der Waals surface area contributed by atoms with Crippen LogP contribution in [0.3, 0.4) is 0 Å². The Bertz CT molecular complexity index is 568. The number of carboxylic acids is 1. The Balaban J connectivity index is 1.94. The first-order chi connectivity index (χ1) is 10.1. The quantitative estimate of drug-likeness (QED) is 0.876. The Morgan fingerprint density at radius 3 is 2.41 bits per heavy atom. The van der Waals surface area contributed by atoms with Crippen molar-refractivity contribution in [3.05, 3.63) is 16.1 Å². The summed E-state index contributed by atoms with van der Waals surface area (Å²) in [5.41, 5.74) is -0.981. The second-order valence-electron chi connectivity index (χ2n) is 6.79. The summed E-state index contributed by atoms with van der Waals surface area (Å²) in [6.45, 7) is 6.76. The lowest BCUT2D eigenvalue weighted by molar-refractivity contribution is -0.165. The van der Waals surface area contributed by atoms with E-state index in [1.165, 1.54) is 0 Å². The molecule has 0 aromatic carbocycles. The highest BCUT2D eigenvalue weighted by Gasteiger charge is 2.40. The van der Waals surface area contributed by atoms with E-state index >= 15 is 0 Å². The molecule has 1 aromatic heterocycles. The van der Waals surface area contributed by atoms with E-state index in [4.69, 9.17) is 5.11 Å². The maximum absolute atomic E-state index is 12.3. The molecule has 22 heavy (non-hydrogen) atoms. The molecule has 1 amide bonds. The van der Waals surface area contributed by atoms with Crippen molar-refractivity contribution in [3.8, 4) is 0 Å². The van der Waals surface area contributed by atoms with Gasteiger partial charge in [-0.3, -0.25) is 4.79 Å². The number of carboxylic acid groups (broad SMARTS) is 1. The Morgan fingerprint density at radius 2 is 1.95 bits per heavy atom. The molecule has 2 heterocycles. The van der Waals surface area contributed by atoms with Gasteiger partial charge in [0.05, 0.1) is 17.1 Å². The van der Waals surface area contributed by atoms with Gasteiger partial charge >= 0.3 is 5.97 Å². The molecule has 0 unspecified atom stereocenters. The molecule has 7 heteroatoms. The zero-order chi connectivity index (χ0) is 16.5. The van der Waals surface area contributed by atoms with E-state index in [1.807, 2.05) is 5.38 Å². The number of thiazole rings is 1. The number of rotatable bonds is 3. The normalized spacial score (nSPS) is 18.3. The third-order valence-electron chi connectivity index (χ3n) is 3.87. The lowest BCUT2D eigenvalue weighted by Gasteiger charge is -2.35. The van der Waals surface area contributed by atoms with E-state index in [2.05, 4.69) is 25.8 Å². The molecule has 0 spiro atoms. The smallest absolute Gasteiger partial charge is 0.335 e. The molecule has 0 saturated carbocycles. The van der Waals surface area contributed by atoms with Gasteiger partial charge in [-0.05, 0) is 0 Å². The van der Waals surface area contributed by atoms with Crippen molar-refractivity contribution in [1.82, 2.24) is 9.88 Å². The largest absolute Gasteiger partial charge is 0.479 e. The summed E-state index contributed by atoms with van der Waals surface area (Å²) >= 11 is 1.55. The number of aromatic nitrogens is 1. The first-order valence-corrected chi connectivity index (χ1v) is 8.18. The number of nitrogens with zero attached hydrogens (tertiary/aromatic N) is 2. The van der Waals surface area contributed by atoms with Crippen molar-refractivity contribution in [3.63, 3.8) is 0 Å². The van der Waals surface area contributed by atoms with Crippen molar-refractivity contribution in [2.45, 2.75) is 51.0 Å². The number of amides is 1. The van der Waals surface area contributed by atoms with Crippen LogP contribution in [0, 0.1) is 0 Å². The molecular formula is C15H22N2O4S. The van der Waals surface area contributed by atoms with Gasteiger partial charge in [0, 0.05) is 36.7 Å². The van der Waals surface area contributed by atoms with Crippen LogP contribution in [0.5, 0.6) is 0 Å². The van der Waals surface area contributed by atoms with Crippen LogP contribution >= 0.6 is 11.3 Å². The van der Waals surface area contributed by atoms with Crippen LogP contribution in [0.4, 0.5) is 0 Å². The van der Waals surface area contributed by atoms with Crippen LogP contribution in [-0.2, 0) is 21.4 Å². The van der Waals surface area contributed by atoms with Gasteiger partial charge in [-0.2, -0.15) is 0 Å². The molecule has 1 fully saturated rings. The predicted molar refractivity (Wildman–Crippen MR) is 82.9 cm³/mol. The fourth-order valence-electron chi connectivity index (χ4n) is 2.34. The number of hydrogen-bond donors (Lipinski definition) is 2. The van der Waals surface area contributed by atoms with E-state index < -0.39 is 11.6 Å². The molecule has 1 saturated heterocycles.